The summed E-state index contributed by atoms with van der Waals surface area (Å²) in [6.45, 7) is 0.895. The number of aromatic nitrogens is 1. The summed E-state index contributed by atoms with van der Waals surface area (Å²) in [4.78, 5) is 25.3. The highest BCUT2D eigenvalue weighted by atomic mass is 32.1. The molecule has 3 N–H and O–H groups in total. The van der Waals surface area contributed by atoms with E-state index in [4.69, 9.17) is 4.42 Å². The molecule has 0 bridgehead atoms. The van der Waals surface area contributed by atoms with Crippen molar-refractivity contribution in [2.45, 2.75) is 6.04 Å². The molecule has 0 saturated heterocycles. The number of benzene rings is 2. The Morgan fingerprint density at radius 3 is 2.60 bits per heavy atom. The lowest BCUT2D eigenvalue weighted by molar-refractivity contribution is -0.123. The molecular formula is C22H20N4O3S. The fraction of sp³-hybridized carbons (Fsp3) is 0.136. The summed E-state index contributed by atoms with van der Waals surface area (Å²) in [5.41, 5.74) is 1.06. The normalized spacial score (nSPS) is 11.7. The lowest BCUT2D eigenvalue weighted by atomic mass is 10.1. The second-order valence-corrected chi connectivity index (χ2v) is 7.38. The molecule has 2 aromatic heterocycles. The topological polar surface area (TPSA) is 96.3 Å². The minimum absolute atomic E-state index is 0.289. The van der Waals surface area contributed by atoms with E-state index in [1.54, 1.807) is 18.2 Å². The Bertz CT molecular complexity index is 1130. The van der Waals surface area contributed by atoms with Crippen LogP contribution in [0.4, 0.5) is 5.82 Å². The molecule has 2 amide bonds. The van der Waals surface area contributed by atoms with Crippen LogP contribution in [0, 0.1) is 0 Å². The number of nitrogens with zero attached hydrogens (tertiary/aromatic N) is 1. The number of nitrogens with one attached hydrogen (secondary N) is 3. The van der Waals surface area contributed by atoms with E-state index >= 15 is 0 Å². The first-order valence-corrected chi connectivity index (χ1v) is 10.2. The van der Waals surface area contributed by atoms with Crippen molar-refractivity contribution in [3.63, 3.8) is 0 Å². The van der Waals surface area contributed by atoms with Crippen LogP contribution >= 0.6 is 11.5 Å². The average Bonchev–Trinajstić information content (AvgIpc) is 3.46. The Kier molecular flexibility index (Phi) is 6.05. The van der Waals surface area contributed by atoms with Gasteiger partial charge in [0.2, 0.25) is 5.91 Å². The lowest BCUT2D eigenvalue weighted by Gasteiger charge is -2.18. The summed E-state index contributed by atoms with van der Waals surface area (Å²) in [7, 11) is 0. The third-order valence-corrected chi connectivity index (χ3v) is 5.37. The zero-order valence-corrected chi connectivity index (χ0v) is 16.8. The van der Waals surface area contributed by atoms with Gasteiger partial charge < -0.3 is 20.4 Å². The van der Waals surface area contributed by atoms with Crippen LogP contribution in [0.1, 0.15) is 22.0 Å². The second kappa shape index (κ2) is 9.23. The highest BCUT2D eigenvalue weighted by Gasteiger charge is 2.23. The number of rotatable bonds is 8. The van der Waals surface area contributed by atoms with Crippen LogP contribution in [-0.2, 0) is 4.79 Å². The molecule has 1 atom stereocenters. The fourth-order valence-corrected chi connectivity index (χ4v) is 3.79. The molecule has 4 rings (SSSR count). The van der Waals surface area contributed by atoms with Gasteiger partial charge in [-0.2, -0.15) is 4.37 Å². The van der Waals surface area contributed by atoms with Gasteiger partial charge in [-0.05, 0) is 35.3 Å². The number of hydrogen-bond acceptors (Lipinski definition) is 6. The standard InChI is InChI=1S/C22H20N4O3S/c27-21(16-10-13-29-14-16)25-19(15-6-2-1-3-7-15)22(28)24-12-11-23-20-17-8-4-5-9-18(17)30-26-20/h1-10,13-14,19H,11-12H2,(H,23,26)(H,24,28)(H,25,27)/t19-/m0/s1. The molecule has 0 aliphatic carbocycles. The van der Waals surface area contributed by atoms with Gasteiger partial charge in [-0.25, -0.2) is 0 Å². The van der Waals surface area contributed by atoms with Crippen LogP contribution in [0.2, 0.25) is 0 Å². The molecule has 0 fully saturated rings. The van der Waals surface area contributed by atoms with Crippen molar-refractivity contribution in [3.05, 3.63) is 84.3 Å². The molecule has 30 heavy (non-hydrogen) atoms. The first kappa shape index (κ1) is 19.7. The predicted octanol–water partition coefficient (Wildman–Crippen LogP) is 3.59. The highest BCUT2D eigenvalue weighted by Crippen LogP contribution is 2.25. The molecule has 0 aliphatic heterocycles. The molecule has 2 aromatic carbocycles. The molecule has 0 aliphatic rings. The van der Waals surface area contributed by atoms with Crippen molar-refractivity contribution in [1.29, 1.82) is 0 Å². The van der Waals surface area contributed by atoms with E-state index in [1.165, 1.54) is 24.1 Å². The molecule has 0 spiro atoms. The van der Waals surface area contributed by atoms with Gasteiger partial charge >= 0.3 is 0 Å². The summed E-state index contributed by atoms with van der Waals surface area (Å²) in [5, 5.41) is 9.96. The third-order valence-electron chi connectivity index (χ3n) is 4.55. The van der Waals surface area contributed by atoms with Crippen LogP contribution in [0.3, 0.4) is 0 Å². The molecular weight excluding hydrogens is 400 g/mol. The molecule has 0 saturated carbocycles. The van der Waals surface area contributed by atoms with Gasteiger partial charge in [0.05, 0.1) is 16.5 Å². The van der Waals surface area contributed by atoms with Gasteiger partial charge in [-0.3, -0.25) is 9.59 Å². The molecule has 152 valence electrons. The number of amides is 2. The highest BCUT2D eigenvalue weighted by molar-refractivity contribution is 7.13. The first-order chi connectivity index (χ1) is 14.7. The van der Waals surface area contributed by atoms with Crippen LogP contribution in [0.25, 0.3) is 10.1 Å². The van der Waals surface area contributed by atoms with E-state index in [9.17, 15) is 9.59 Å². The van der Waals surface area contributed by atoms with Gasteiger partial charge in [0.15, 0.2) is 0 Å². The summed E-state index contributed by atoms with van der Waals surface area (Å²) < 4.78 is 10.5. The maximum atomic E-state index is 12.8. The number of furan rings is 1. The predicted molar refractivity (Wildman–Crippen MR) is 116 cm³/mol. The Labute approximate surface area is 177 Å². The summed E-state index contributed by atoms with van der Waals surface area (Å²) in [6, 6.07) is 17.8. The van der Waals surface area contributed by atoms with Crippen molar-refractivity contribution in [3.8, 4) is 0 Å². The number of fused-ring (bicyclic) bond motifs is 1. The summed E-state index contributed by atoms with van der Waals surface area (Å²) in [6.07, 6.45) is 2.76. The Morgan fingerprint density at radius 2 is 1.80 bits per heavy atom. The molecule has 2 heterocycles. The number of carbonyl (C=O) groups excluding carboxylic acids is 2. The molecule has 7 nitrogen and oxygen atoms in total. The maximum Gasteiger partial charge on any atom is 0.255 e. The van der Waals surface area contributed by atoms with Crippen LogP contribution in [-0.4, -0.2) is 29.3 Å². The van der Waals surface area contributed by atoms with Gasteiger partial charge in [0.25, 0.3) is 5.91 Å². The third kappa shape index (κ3) is 4.49. The minimum atomic E-state index is -0.811. The number of hydrogen-bond donors (Lipinski definition) is 3. The van der Waals surface area contributed by atoms with Gasteiger partial charge in [0.1, 0.15) is 18.1 Å². The van der Waals surface area contributed by atoms with Crippen LogP contribution in [0.5, 0.6) is 0 Å². The minimum Gasteiger partial charge on any atom is -0.472 e. The molecule has 0 radical (unpaired) electrons. The Morgan fingerprint density at radius 1 is 1.00 bits per heavy atom. The van der Waals surface area contributed by atoms with E-state index in [0.717, 1.165) is 15.9 Å². The van der Waals surface area contributed by atoms with Crippen molar-refractivity contribution in [2.75, 3.05) is 18.4 Å². The van der Waals surface area contributed by atoms with Gasteiger partial charge in [0, 0.05) is 18.5 Å². The van der Waals surface area contributed by atoms with Crippen molar-refractivity contribution < 1.29 is 14.0 Å². The van der Waals surface area contributed by atoms with E-state index in [-0.39, 0.29) is 11.8 Å². The van der Waals surface area contributed by atoms with E-state index in [1.807, 2.05) is 42.5 Å². The molecule has 0 unspecified atom stereocenters. The molecule has 4 aromatic rings. The smallest absolute Gasteiger partial charge is 0.255 e. The van der Waals surface area contributed by atoms with E-state index in [2.05, 4.69) is 20.3 Å². The van der Waals surface area contributed by atoms with Gasteiger partial charge in [-0.1, -0.05) is 42.5 Å². The zero-order chi connectivity index (χ0) is 20.8. The largest absolute Gasteiger partial charge is 0.472 e. The Balaban J connectivity index is 1.37. The number of carbonyl (C=O) groups is 2. The zero-order valence-electron chi connectivity index (χ0n) is 16.0. The lowest BCUT2D eigenvalue weighted by Crippen LogP contribution is -2.41. The first-order valence-electron chi connectivity index (χ1n) is 9.46. The Hall–Kier alpha value is -3.65. The quantitative estimate of drug-likeness (QED) is 0.379. The van der Waals surface area contributed by atoms with Crippen molar-refractivity contribution in [2.24, 2.45) is 0 Å². The van der Waals surface area contributed by atoms with Gasteiger partial charge in [-0.15, -0.1) is 0 Å². The second-order valence-electron chi connectivity index (χ2n) is 6.57. The van der Waals surface area contributed by atoms with Crippen molar-refractivity contribution >= 4 is 39.3 Å². The monoisotopic (exact) mass is 420 g/mol. The number of anilines is 1. The SMILES string of the molecule is O=C(N[C@H](C(=O)NCCNc1nsc2ccccc12)c1ccccc1)c1ccoc1. The molecule has 8 heteroatoms. The fourth-order valence-electron chi connectivity index (χ4n) is 3.04. The average molecular weight is 420 g/mol. The van der Waals surface area contributed by atoms with E-state index in [0.29, 0.717) is 24.2 Å². The van der Waals surface area contributed by atoms with E-state index < -0.39 is 6.04 Å². The van der Waals surface area contributed by atoms with Crippen LogP contribution < -0.4 is 16.0 Å². The van der Waals surface area contributed by atoms with Crippen molar-refractivity contribution in [1.82, 2.24) is 15.0 Å². The van der Waals surface area contributed by atoms with Crippen LogP contribution in [0.15, 0.2) is 77.6 Å². The summed E-state index contributed by atoms with van der Waals surface area (Å²) >= 11 is 1.43. The maximum absolute atomic E-state index is 12.8. The summed E-state index contributed by atoms with van der Waals surface area (Å²) in [5.74, 6) is 0.139.